The quantitative estimate of drug-likeness (QED) is 0.686. The molecule has 150 valence electrons. The van der Waals surface area contributed by atoms with E-state index in [4.69, 9.17) is 21.4 Å². The first-order valence-corrected chi connectivity index (χ1v) is 9.96. The maximum atomic E-state index is 10.5. The molecule has 6 heteroatoms. The molecule has 1 unspecified atom stereocenters. The second kappa shape index (κ2) is 9.52. The van der Waals surface area contributed by atoms with Gasteiger partial charge < -0.3 is 9.84 Å². The molecule has 5 nitrogen and oxygen atoms in total. The molecule has 0 spiro atoms. The number of rotatable bonds is 8. The van der Waals surface area contributed by atoms with Crippen LogP contribution >= 0.6 is 11.6 Å². The average Bonchev–Trinajstić information content (AvgIpc) is 2.72. The van der Waals surface area contributed by atoms with Crippen molar-refractivity contribution in [2.75, 3.05) is 45.9 Å². The van der Waals surface area contributed by atoms with E-state index in [1.54, 1.807) is 0 Å². The average molecular weight is 403 g/mol. The second-order valence-corrected chi connectivity index (χ2v) is 7.66. The van der Waals surface area contributed by atoms with Gasteiger partial charge in [0.05, 0.1) is 12.1 Å². The summed E-state index contributed by atoms with van der Waals surface area (Å²) in [6.45, 7) is 6.93. The van der Waals surface area contributed by atoms with E-state index in [-0.39, 0.29) is 12.1 Å². The molecule has 0 aliphatic carbocycles. The molecule has 1 N–H and O–H groups in total. The lowest BCUT2D eigenvalue weighted by Crippen LogP contribution is -2.55. The van der Waals surface area contributed by atoms with Crippen LogP contribution in [0, 0.1) is 0 Å². The molecular formula is C22H27ClN2O3. The van der Waals surface area contributed by atoms with Crippen molar-refractivity contribution in [2.24, 2.45) is 0 Å². The number of hydrogen-bond acceptors (Lipinski definition) is 4. The zero-order chi connectivity index (χ0) is 20.0. The van der Waals surface area contributed by atoms with E-state index < -0.39 is 5.97 Å². The maximum absolute atomic E-state index is 10.5. The molecule has 0 saturated carbocycles. The van der Waals surface area contributed by atoms with Gasteiger partial charge in [-0.1, -0.05) is 54.1 Å². The van der Waals surface area contributed by atoms with Gasteiger partial charge in [0.2, 0.25) is 0 Å². The van der Waals surface area contributed by atoms with Crippen LogP contribution in [0.2, 0.25) is 5.02 Å². The van der Waals surface area contributed by atoms with Gasteiger partial charge in [-0.3, -0.25) is 9.80 Å². The molecule has 1 aliphatic heterocycles. The smallest absolute Gasteiger partial charge is 0.329 e. The van der Waals surface area contributed by atoms with Crippen LogP contribution in [0.5, 0.6) is 0 Å². The maximum Gasteiger partial charge on any atom is 0.329 e. The topological polar surface area (TPSA) is 53.0 Å². The minimum Gasteiger partial charge on any atom is -0.480 e. The van der Waals surface area contributed by atoms with Gasteiger partial charge in [-0.15, -0.1) is 0 Å². The van der Waals surface area contributed by atoms with E-state index in [1.165, 1.54) is 11.1 Å². The molecule has 1 heterocycles. The molecule has 28 heavy (non-hydrogen) atoms. The second-order valence-electron chi connectivity index (χ2n) is 7.22. The fourth-order valence-electron chi connectivity index (χ4n) is 3.84. The van der Waals surface area contributed by atoms with E-state index in [0.29, 0.717) is 6.61 Å². The summed E-state index contributed by atoms with van der Waals surface area (Å²) < 4.78 is 5.17. The number of aliphatic carboxylic acids is 1. The molecule has 1 saturated heterocycles. The van der Waals surface area contributed by atoms with Gasteiger partial charge >= 0.3 is 5.97 Å². The van der Waals surface area contributed by atoms with Crippen LogP contribution in [0.15, 0.2) is 54.6 Å². The highest BCUT2D eigenvalue weighted by molar-refractivity contribution is 6.30. The van der Waals surface area contributed by atoms with Crippen molar-refractivity contribution < 1.29 is 14.6 Å². The first-order valence-electron chi connectivity index (χ1n) is 9.58. The summed E-state index contributed by atoms with van der Waals surface area (Å²) in [6, 6.07) is 18.7. The van der Waals surface area contributed by atoms with Gasteiger partial charge in [-0.05, 0) is 30.2 Å². The van der Waals surface area contributed by atoms with Crippen LogP contribution < -0.4 is 0 Å². The lowest BCUT2D eigenvalue weighted by Gasteiger charge is -2.46. The Morgan fingerprint density at radius 2 is 1.64 bits per heavy atom. The van der Waals surface area contributed by atoms with E-state index in [0.717, 1.165) is 37.7 Å². The summed E-state index contributed by atoms with van der Waals surface area (Å²) in [5.74, 6) is -0.925. The third kappa shape index (κ3) is 4.92. The van der Waals surface area contributed by atoms with Gasteiger partial charge in [0, 0.05) is 37.7 Å². The summed E-state index contributed by atoms with van der Waals surface area (Å²) >= 11 is 6.12. The van der Waals surface area contributed by atoms with E-state index in [2.05, 4.69) is 53.1 Å². The largest absolute Gasteiger partial charge is 0.480 e. The Hall–Kier alpha value is -1.92. The molecule has 0 bridgehead atoms. The molecule has 1 aliphatic rings. The van der Waals surface area contributed by atoms with Crippen molar-refractivity contribution >= 4 is 17.6 Å². The fourth-order valence-corrected chi connectivity index (χ4v) is 3.97. The summed E-state index contributed by atoms with van der Waals surface area (Å²) in [4.78, 5) is 15.4. The van der Waals surface area contributed by atoms with Gasteiger partial charge in [-0.2, -0.15) is 0 Å². The third-order valence-electron chi connectivity index (χ3n) is 5.52. The highest BCUT2D eigenvalue weighted by Gasteiger charge is 2.37. The van der Waals surface area contributed by atoms with Crippen LogP contribution in [-0.2, 0) is 15.1 Å². The number of benzene rings is 2. The molecule has 2 aromatic rings. The van der Waals surface area contributed by atoms with Crippen LogP contribution in [0.25, 0.3) is 0 Å². The molecule has 1 atom stereocenters. The number of halogens is 1. The minimum atomic E-state index is -0.925. The van der Waals surface area contributed by atoms with Gasteiger partial charge in [0.1, 0.15) is 6.61 Å². The highest BCUT2D eigenvalue weighted by Crippen LogP contribution is 2.36. The predicted molar refractivity (Wildman–Crippen MR) is 111 cm³/mol. The highest BCUT2D eigenvalue weighted by atomic mass is 35.5. The Kier molecular flexibility index (Phi) is 7.08. The summed E-state index contributed by atoms with van der Waals surface area (Å²) in [5, 5.41) is 9.40. The van der Waals surface area contributed by atoms with Crippen LogP contribution in [0.1, 0.15) is 18.1 Å². The van der Waals surface area contributed by atoms with Gasteiger partial charge in [0.25, 0.3) is 0 Å². The predicted octanol–water partition coefficient (Wildman–Crippen LogP) is 3.32. The number of carboxylic acids is 1. The van der Waals surface area contributed by atoms with Crippen LogP contribution in [-0.4, -0.2) is 66.8 Å². The number of piperazine rings is 1. The van der Waals surface area contributed by atoms with Crippen molar-refractivity contribution in [2.45, 2.75) is 12.5 Å². The Morgan fingerprint density at radius 1 is 1.04 bits per heavy atom. The number of nitrogens with zero attached hydrogens (tertiary/aromatic N) is 2. The molecule has 2 aromatic carbocycles. The molecular weight excluding hydrogens is 376 g/mol. The monoisotopic (exact) mass is 402 g/mol. The molecule has 0 radical (unpaired) electrons. The fraction of sp³-hybridized carbons (Fsp3) is 0.409. The molecule has 0 aromatic heterocycles. The molecule has 1 fully saturated rings. The van der Waals surface area contributed by atoms with Crippen molar-refractivity contribution in [1.82, 2.24) is 9.80 Å². The lowest BCUT2D eigenvalue weighted by molar-refractivity contribution is -0.142. The minimum absolute atomic E-state index is 0.234. The summed E-state index contributed by atoms with van der Waals surface area (Å²) in [5.41, 5.74) is 2.24. The summed E-state index contributed by atoms with van der Waals surface area (Å²) in [6.07, 6.45) is 0. The van der Waals surface area contributed by atoms with Crippen molar-refractivity contribution in [3.63, 3.8) is 0 Å². The molecule has 3 rings (SSSR count). The van der Waals surface area contributed by atoms with E-state index in [9.17, 15) is 4.79 Å². The zero-order valence-corrected chi connectivity index (χ0v) is 16.9. The lowest BCUT2D eigenvalue weighted by atomic mass is 9.82. The first-order chi connectivity index (χ1) is 13.5. The Balaban J connectivity index is 1.71. The van der Waals surface area contributed by atoms with Crippen molar-refractivity contribution in [3.8, 4) is 0 Å². The Labute approximate surface area is 171 Å². The van der Waals surface area contributed by atoms with Gasteiger partial charge in [0.15, 0.2) is 0 Å². The van der Waals surface area contributed by atoms with Crippen molar-refractivity contribution in [1.29, 1.82) is 0 Å². The van der Waals surface area contributed by atoms with E-state index in [1.807, 2.05) is 18.2 Å². The Morgan fingerprint density at radius 3 is 2.25 bits per heavy atom. The van der Waals surface area contributed by atoms with Crippen molar-refractivity contribution in [3.05, 3.63) is 70.7 Å². The Bertz CT molecular complexity index is 761. The standard InChI is InChI=1S/C22H27ClN2O3/c1-22(18-5-3-2-4-6-18,19-7-9-20(23)10-8-19)25-13-11-24(12-14-25)15-16-28-17-21(26)27/h2-10H,11-17H2,1H3,(H,26,27). The first kappa shape index (κ1) is 20.8. The number of hydrogen-bond donors (Lipinski definition) is 1. The number of carboxylic acid groups (broad SMARTS) is 1. The SMILES string of the molecule is CC(c1ccccc1)(c1ccc(Cl)cc1)N1CCN(CCOCC(=O)O)CC1. The van der Waals surface area contributed by atoms with Gasteiger partial charge in [-0.25, -0.2) is 4.79 Å². The number of ether oxygens (including phenoxy) is 1. The number of carbonyl (C=O) groups is 1. The third-order valence-corrected chi connectivity index (χ3v) is 5.78. The molecule has 0 amide bonds. The summed E-state index contributed by atoms with van der Waals surface area (Å²) in [7, 11) is 0. The normalized spacial score (nSPS) is 17.9. The zero-order valence-electron chi connectivity index (χ0n) is 16.2. The van der Waals surface area contributed by atoms with Crippen LogP contribution in [0.4, 0.5) is 0 Å². The van der Waals surface area contributed by atoms with Crippen LogP contribution in [0.3, 0.4) is 0 Å². The van der Waals surface area contributed by atoms with E-state index >= 15 is 0 Å².